The van der Waals surface area contributed by atoms with E-state index in [-0.39, 0.29) is 11.0 Å². The maximum absolute atomic E-state index is 11.5. The summed E-state index contributed by atoms with van der Waals surface area (Å²) in [5.74, 6) is 1.15. The average Bonchev–Trinajstić information content (AvgIpc) is 2.32. The molecule has 3 rings (SSSR count). The summed E-state index contributed by atoms with van der Waals surface area (Å²) in [6, 6.07) is 4.76. The molecule has 2 heterocycles. The first-order valence-electron chi connectivity index (χ1n) is 6.38. The molecule has 0 amide bonds. The van der Waals surface area contributed by atoms with Crippen LogP contribution in [0.3, 0.4) is 0 Å². The van der Waals surface area contributed by atoms with E-state index in [1.54, 1.807) is 18.2 Å². The topological polar surface area (TPSA) is 55.8 Å². The largest absolute Gasteiger partial charge is 0.486 e. The smallest absolute Gasteiger partial charge is 0.175 e. The van der Waals surface area contributed by atoms with Crippen molar-refractivity contribution in [3.05, 3.63) is 18.2 Å². The molecule has 1 fully saturated rings. The van der Waals surface area contributed by atoms with Crippen molar-refractivity contribution in [2.45, 2.75) is 17.4 Å². The fourth-order valence-electron chi connectivity index (χ4n) is 2.27. The molecular weight excluding hydrogens is 266 g/mol. The van der Waals surface area contributed by atoms with E-state index in [0.29, 0.717) is 18.1 Å². The summed E-state index contributed by atoms with van der Waals surface area (Å²) in [5, 5.41) is 0. The lowest BCUT2D eigenvalue weighted by Crippen LogP contribution is -2.46. The molecule has 0 aromatic heterocycles. The lowest BCUT2D eigenvalue weighted by Gasteiger charge is -2.35. The van der Waals surface area contributed by atoms with Crippen LogP contribution in [0.1, 0.15) is 6.42 Å². The van der Waals surface area contributed by atoms with Crippen LogP contribution in [0.2, 0.25) is 0 Å². The highest BCUT2D eigenvalue weighted by Crippen LogP contribution is 2.34. The Kier molecular flexibility index (Phi) is 3.14. The van der Waals surface area contributed by atoms with Gasteiger partial charge in [0.15, 0.2) is 21.3 Å². The first kappa shape index (κ1) is 12.7. The van der Waals surface area contributed by atoms with Gasteiger partial charge in [-0.05, 0) is 31.6 Å². The number of hydrogen-bond donors (Lipinski definition) is 0. The first-order chi connectivity index (χ1) is 9.02. The lowest BCUT2D eigenvalue weighted by atomic mass is 10.2. The van der Waals surface area contributed by atoms with Gasteiger partial charge in [-0.15, -0.1) is 0 Å². The van der Waals surface area contributed by atoms with Crippen LogP contribution in [-0.4, -0.2) is 51.9 Å². The van der Waals surface area contributed by atoms with Gasteiger partial charge in [0, 0.05) is 18.9 Å². The van der Waals surface area contributed by atoms with Crippen molar-refractivity contribution in [2.24, 2.45) is 0 Å². The molecule has 1 aromatic rings. The molecule has 2 aliphatic rings. The average molecular weight is 283 g/mol. The van der Waals surface area contributed by atoms with E-state index in [1.807, 2.05) is 0 Å². The van der Waals surface area contributed by atoms with Gasteiger partial charge in [-0.25, -0.2) is 8.42 Å². The molecule has 104 valence electrons. The molecule has 0 bridgehead atoms. The molecular formula is C13H17NO4S. The van der Waals surface area contributed by atoms with Gasteiger partial charge in [-0.1, -0.05) is 0 Å². The molecule has 0 saturated carbocycles. The zero-order valence-electron chi connectivity index (χ0n) is 10.8. The predicted octanol–water partition coefficient (Wildman–Crippen LogP) is 0.936. The Balaban J connectivity index is 1.78. The molecule has 0 spiro atoms. The normalized spacial score (nSPS) is 22.9. The van der Waals surface area contributed by atoms with Gasteiger partial charge in [0.2, 0.25) is 0 Å². The number of sulfone groups is 1. The Labute approximate surface area is 113 Å². The van der Waals surface area contributed by atoms with Gasteiger partial charge in [-0.3, -0.25) is 4.90 Å². The molecule has 0 unspecified atom stereocenters. The molecule has 0 radical (unpaired) electrons. The van der Waals surface area contributed by atoms with Crippen LogP contribution in [0.5, 0.6) is 11.5 Å². The van der Waals surface area contributed by atoms with Gasteiger partial charge in [0.25, 0.3) is 0 Å². The van der Waals surface area contributed by atoms with Crippen molar-refractivity contribution in [3.63, 3.8) is 0 Å². The fraction of sp³-hybridized carbons (Fsp3) is 0.538. The summed E-state index contributed by atoms with van der Waals surface area (Å²) in [6.07, 6.45) is 2.40. The molecule has 6 heteroatoms. The van der Waals surface area contributed by atoms with Crippen molar-refractivity contribution >= 4 is 9.84 Å². The fourth-order valence-corrected chi connectivity index (χ4v) is 2.91. The van der Waals surface area contributed by atoms with Crippen LogP contribution in [0.15, 0.2) is 23.1 Å². The third-order valence-electron chi connectivity index (χ3n) is 3.47. The first-order valence-corrected chi connectivity index (χ1v) is 8.27. The number of rotatable bonds is 3. The molecule has 1 atom stereocenters. The summed E-state index contributed by atoms with van der Waals surface area (Å²) < 4.78 is 34.5. The lowest BCUT2D eigenvalue weighted by molar-refractivity contribution is 0.0401. The second kappa shape index (κ2) is 4.68. The third kappa shape index (κ3) is 2.69. The van der Waals surface area contributed by atoms with E-state index >= 15 is 0 Å². The monoisotopic (exact) mass is 283 g/mol. The van der Waals surface area contributed by atoms with Gasteiger partial charge in [0.05, 0.1) is 4.90 Å². The molecule has 1 aromatic carbocycles. The Morgan fingerprint density at radius 2 is 2.11 bits per heavy atom. The Bertz CT molecular complexity index is 580. The maximum Gasteiger partial charge on any atom is 0.175 e. The van der Waals surface area contributed by atoms with Gasteiger partial charge in [0.1, 0.15) is 12.7 Å². The second-order valence-corrected chi connectivity index (χ2v) is 7.10. The van der Waals surface area contributed by atoms with Crippen molar-refractivity contribution in [1.29, 1.82) is 0 Å². The van der Waals surface area contributed by atoms with Gasteiger partial charge in [-0.2, -0.15) is 0 Å². The SMILES string of the molecule is CS(=O)(=O)c1ccc2c(c1)O[C@H](CN1CCC1)CO2. The number of ether oxygens (including phenoxy) is 2. The third-order valence-corrected chi connectivity index (χ3v) is 4.58. The minimum atomic E-state index is -3.22. The number of likely N-dealkylation sites (tertiary alicyclic amines) is 1. The number of nitrogens with zero attached hydrogens (tertiary/aromatic N) is 1. The van der Waals surface area contributed by atoms with E-state index in [1.165, 1.54) is 12.7 Å². The van der Waals surface area contributed by atoms with Crippen molar-refractivity contribution in [1.82, 2.24) is 4.90 Å². The van der Waals surface area contributed by atoms with Crippen LogP contribution in [0.4, 0.5) is 0 Å². The zero-order chi connectivity index (χ0) is 13.5. The van der Waals surface area contributed by atoms with E-state index in [0.717, 1.165) is 19.6 Å². The van der Waals surface area contributed by atoms with Gasteiger partial charge < -0.3 is 9.47 Å². The number of hydrogen-bond acceptors (Lipinski definition) is 5. The molecule has 5 nitrogen and oxygen atoms in total. The van der Waals surface area contributed by atoms with Crippen molar-refractivity contribution in [2.75, 3.05) is 32.5 Å². The van der Waals surface area contributed by atoms with Gasteiger partial charge >= 0.3 is 0 Å². The highest BCUT2D eigenvalue weighted by atomic mass is 32.2. The van der Waals surface area contributed by atoms with E-state index < -0.39 is 9.84 Å². The van der Waals surface area contributed by atoms with E-state index in [2.05, 4.69) is 4.90 Å². The summed E-state index contributed by atoms with van der Waals surface area (Å²) in [4.78, 5) is 2.57. The highest BCUT2D eigenvalue weighted by molar-refractivity contribution is 7.90. The molecule has 1 saturated heterocycles. The predicted molar refractivity (Wildman–Crippen MR) is 70.5 cm³/mol. The van der Waals surface area contributed by atoms with Crippen molar-refractivity contribution < 1.29 is 17.9 Å². The quantitative estimate of drug-likeness (QED) is 0.826. The Morgan fingerprint density at radius 3 is 2.74 bits per heavy atom. The Hall–Kier alpha value is -1.27. The highest BCUT2D eigenvalue weighted by Gasteiger charge is 2.26. The number of benzene rings is 1. The summed E-state index contributed by atoms with van der Waals surface area (Å²) in [6.45, 7) is 3.57. The van der Waals surface area contributed by atoms with E-state index in [4.69, 9.17) is 9.47 Å². The van der Waals surface area contributed by atoms with Crippen LogP contribution in [-0.2, 0) is 9.84 Å². The Morgan fingerprint density at radius 1 is 1.32 bits per heavy atom. The maximum atomic E-state index is 11.5. The second-order valence-electron chi connectivity index (χ2n) is 5.09. The minimum Gasteiger partial charge on any atom is -0.486 e. The molecule has 19 heavy (non-hydrogen) atoms. The van der Waals surface area contributed by atoms with E-state index in [9.17, 15) is 8.42 Å². The van der Waals surface area contributed by atoms with Crippen LogP contribution in [0, 0.1) is 0 Å². The molecule has 2 aliphatic heterocycles. The molecule has 0 aliphatic carbocycles. The standard InChI is InChI=1S/C13H17NO4S/c1-19(15,16)11-3-4-12-13(7-11)18-10(9-17-12)8-14-5-2-6-14/h3-4,7,10H,2,5-6,8-9H2,1H3/t10-/m1/s1. The molecule has 0 N–H and O–H groups in total. The van der Waals surface area contributed by atoms with Crippen LogP contribution in [0.25, 0.3) is 0 Å². The zero-order valence-corrected chi connectivity index (χ0v) is 11.6. The summed E-state index contributed by atoms with van der Waals surface area (Å²) in [5.41, 5.74) is 0. The number of fused-ring (bicyclic) bond motifs is 1. The van der Waals surface area contributed by atoms with Crippen molar-refractivity contribution in [3.8, 4) is 11.5 Å². The summed E-state index contributed by atoms with van der Waals surface area (Å²) >= 11 is 0. The van der Waals surface area contributed by atoms with Crippen LogP contribution >= 0.6 is 0 Å². The summed E-state index contributed by atoms with van der Waals surface area (Å²) in [7, 11) is -3.22. The van der Waals surface area contributed by atoms with Crippen LogP contribution < -0.4 is 9.47 Å². The minimum absolute atomic E-state index is 0.0254.